The van der Waals surface area contributed by atoms with E-state index in [1.54, 1.807) is 0 Å². The molecule has 2 heteroatoms. The van der Waals surface area contributed by atoms with E-state index in [2.05, 4.69) is 24.4 Å². The second-order valence-electron chi connectivity index (χ2n) is 5.04. The Morgan fingerprint density at radius 2 is 2.24 bits per heavy atom. The van der Waals surface area contributed by atoms with Crippen LogP contribution in [0.1, 0.15) is 30.4 Å². The lowest BCUT2D eigenvalue weighted by atomic mass is 9.97. The van der Waals surface area contributed by atoms with Crippen LogP contribution in [-0.4, -0.2) is 18.9 Å². The van der Waals surface area contributed by atoms with Crippen molar-refractivity contribution in [1.82, 2.24) is 5.32 Å². The highest BCUT2D eigenvalue weighted by molar-refractivity contribution is 5.81. The quantitative estimate of drug-likeness (QED) is 0.843. The number of rotatable bonds is 5. The number of hydrogen-bond donors (Lipinski definition) is 1. The molecule has 1 atom stereocenters. The van der Waals surface area contributed by atoms with Crippen molar-refractivity contribution in [3.63, 3.8) is 0 Å². The van der Waals surface area contributed by atoms with Gasteiger partial charge in [0.1, 0.15) is 5.78 Å². The topological polar surface area (TPSA) is 29.1 Å². The smallest absolute Gasteiger partial charge is 0.137 e. The Kier molecular flexibility index (Phi) is 4.32. The Balaban J connectivity index is 1.79. The molecular formula is C15H21NO. The number of ketones is 1. The van der Waals surface area contributed by atoms with E-state index in [0.717, 1.165) is 31.8 Å². The Bertz CT molecular complexity index is 380. The molecule has 0 saturated carbocycles. The van der Waals surface area contributed by atoms with E-state index < -0.39 is 0 Å². The molecule has 0 radical (unpaired) electrons. The first-order valence-electron chi connectivity index (χ1n) is 6.52. The molecule has 0 bridgehead atoms. The summed E-state index contributed by atoms with van der Waals surface area (Å²) in [5, 5.41) is 3.34. The van der Waals surface area contributed by atoms with Gasteiger partial charge in [-0.05, 0) is 49.9 Å². The van der Waals surface area contributed by atoms with Crippen LogP contribution in [0.5, 0.6) is 0 Å². The summed E-state index contributed by atoms with van der Waals surface area (Å²) in [6.07, 6.45) is 3.63. The van der Waals surface area contributed by atoms with Crippen LogP contribution in [0.4, 0.5) is 0 Å². The van der Waals surface area contributed by atoms with Crippen molar-refractivity contribution in [2.75, 3.05) is 13.1 Å². The highest BCUT2D eigenvalue weighted by atomic mass is 16.1. The maximum atomic E-state index is 11.9. The van der Waals surface area contributed by atoms with Crippen LogP contribution in [0.25, 0.3) is 0 Å². The molecule has 1 aromatic rings. The van der Waals surface area contributed by atoms with Gasteiger partial charge < -0.3 is 5.32 Å². The maximum absolute atomic E-state index is 11.9. The molecule has 1 saturated heterocycles. The zero-order chi connectivity index (χ0) is 12.1. The summed E-state index contributed by atoms with van der Waals surface area (Å²) in [6.45, 7) is 4.29. The second kappa shape index (κ2) is 5.97. The third-order valence-corrected chi connectivity index (χ3v) is 3.64. The van der Waals surface area contributed by atoms with E-state index in [9.17, 15) is 4.79 Å². The summed E-state index contributed by atoms with van der Waals surface area (Å²) in [6, 6.07) is 8.16. The summed E-state index contributed by atoms with van der Waals surface area (Å²) in [5.41, 5.74) is 2.41. The Morgan fingerprint density at radius 3 is 2.94 bits per heavy atom. The van der Waals surface area contributed by atoms with Gasteiger partial charge in [0.2, 0.25) is 0 Å². The van der Waals surface area contributed by atoms with Crippen molar-refractivity contribution in [1.29, 1.82) is 0 Å². The van der Waals surface area contributed by atoms with Crippen LogP contribution in [0.15, 0.2) is 24.3 Å². The van der Waals surface area contributed by atoms with E-state index in [1.165, 1.54) is 17.5 Å². The minimum atomic E-state index is 0.381. The first-order valence-corrected chi connectivity index (χ1v) is 6.52. The highest BCUT2D eigenvalue weighted by Crippen LogP contribution is 2.16. The van der Waals surface area contributed by atoms with Crippen molar-refractivity contribution in [3.8, 4) is 0 Å². The monoisotopic (exact) mass is 231 g/mol. The Morgan fingerprint density at radius 1 is 1.41 bits per heavy atom. The van der Waals surface area contributed by atoms with Gasteiger partial charge in [0.15, 0.2) is 0 Å². The summed E-state index contributed by atoms with van der Waals surface area (Å²) >= 11 is 0. The number of nitrogens with one attached hydrogen (secondary N) is 1. The van der Waals surface area contributed by atoms with Crippen LogP contribution in [0, 0.1) is 12.8 Å². The minimum Gasteiger partial charge on any atom is -0.316 e. The first kappa shape index (κ1) is 12.3. The van der Waals surface area contributed by atoms with Crippen LogP contribution in [0.2, 0.25) is 0 Å². The fourth-order valence-electron chi connectivity index (χ4n) is 2.44. The third kappa shape index (κ3) is 3.67. The molecule has 1 fully saturated rings. The van der Waals surface area contributed by atoms with Crippen LogP contribution >= 0.6 is 0 Å². The molecular weight excluding hydrogens is 210 g/mol. The minimum absolute atomic E-state index is 0.381. The summed E-state index contributed by atoms with van der Waals surface area (Å²) in [7, 11) is 0. The SMILES string of the molecule is Cc1ccccc1CC(=O)CCC1CCNC1. The van der Waals surface area contributed by atoms with Crippen molar-refractivity contribution < 1.29 is 4.79 Å². The van der Waals surface area contributed by atoms with Gasteiger partial charge in [-0.15, -0.1) is 0 Å². The molecule has 1 unspecified atom stereocenters. The van der Waals surface area contributed by atoms with Gasteiger partial charge in [0.25, 0.3) is 0 Å². The number of hydrogen-bond acceptors (Lipinski definition) is 2. The van der Waals surface area contributed by atoms with Gasteiger partial charge in [-0.25, -0.2) is 0 Å². The number of Topliss-reactive ketones (excluding diaryl/α,β-unsaturated/α-hetero) is 1. The molecule has 0 aliphatic carbocycles. The Labute approximate surface area is 103 Å². The van der Waals surface area contributed by atoms with E-state index in [4.69, 9.17) is 0 Å². The Hall–Kier alpha value is -1.15. The molecule has 1 heterocycles. The van der Waals surface area contributed by atoms with Gasteiger partial charge in [-0.1, -0.05) is 24.3 Å². The zero-order valence-corrected chi connectivity index (χ0v) is 10.5. The molecule has 2 nitrogen and oxygen atoms in total. The van der Waals surface area contributed by atoms with Crippen molar-refractivity contribution >= 4 is 5.78 Å². The first-order chi connectivity index (χ1) is 8.25. The standard InChI is InChI=1S/C15H21NO/c1-12-4-2-3-5-14(12)10-15(17)7-6-13-8-9-16-11-13/h2-5,13,16H,6-11H2,1H3. The molecule has 0 amide bonds. The van der Waals surface area contributed by atoms with Gasteiger partial charge in [-0.3, -0.25) is 4.79 Å². The van der Waals surface area contributed by atoms with Crippen LogP contribution in [-0.2, 0) is 11.2 Å². The lowest BCUT2D eigenvalue weighted by Gasteiger charge is -2.08. The number of carbonyl (C=O) groups is 1. The predicted molar refractivity (Wildman–Crippen MR) is 70.1 cm³/mol. The van der Waals surface area contributed by atoms with E-state index in [1.807, 2.05) is 12.1 Å². The zero-order valence-electron chi connectivity index (χ0n) is 10.5. The molecule has 0 spiro atoms. The molecule has 1 aliphatic heterocycles. The van der Waals surface area contributed by atoms with Crippen molar-refractivity contribution in [3.05, 3.63) is 35.4 Å². The van der Waals surface area contributed by atoms with Gasteiger partial charge in [0.05, 0.1) is 0 Å². The lowest BCUT2D eigenvalue weighted by molar-refractivity contribution is -0.118. The average molecular weight is 231 g/mol. The molecule has 92 valence electrons. The molecule has 2 rings (SSSR count). The normalized spacial score (nSPS) is 19.5. The van der Waals surface area contributed by atoms with E-state index in [0.29, 0.717) is 12.2 Å². The van der Waals surface area contributed by atoms with Gasteiger partial charge >= 0.3 is 0 Å². The van der Waals surface area contributed by atoms with Crippen LogP contribution < -0.4 is 5.32 Å². The molecule has 1 aromatic carbocycles. The molecule has 1 N–H and O–H groups in total. The molecule has 17 heavy (non-hydrogen) atoms. The molecule has 1 aliphatic rings. The van der Waals surface area contributed by atoms with Crippen LogP contribution in [0.3, 0.4) is 0 Å². The third-order valence-electron chi connectivity index (χ3n) is 3.64. The van der Waals surface area contributed by atoms with E-state index in [-0.39, 0.29) is 0 Å². The summed E-state index contributed by atoms with van der Waals surface area (Å²) in [5.74, 6) is 1.10. The fraction of sp³-hybridized carbons (Fsp3) is 0.533. The molecule has 0 aromatic heterocycles. The van der Waals surface area contributed by atoms with Crippen molar-refractivity contribution in [2.24, 2.45) is 5.92 Å². The largest absolute Gasteiger partial charge is 0.316 e. The summed E-state index contributed by atoms with van der Waals surface area (Å²) in [4.78, 5) is 11.9. The average Bonchev–Trinajstić information content (AvgIpc) is 2.82. The number of carbonyl (C=O) groups excluding carboxylic acids is 1. The second-order valence-corrected chi connectivity index (χ2v) is 5.04. The number of aryl methyl sites for hydroxylation is 1. The predicted octanol–water partition coefficient (Wildman–Crippen LogP) is 2.50. The lowest BCUT2D eigenvalue weighted by Crippen LogP contribution is -2.11. The van der Waals surface area contributed by atoms with E-state index >= 15 is 0 Å². The van der Waals surface area contributed by atoms with Gasteiger partial charge in [-0.2, -0.15) is 0 Å². The summed E-state index contributed by atoms with van der Waals surface area (Å²) < 4.78 is 0. The highest BCUT2D eigenvalue weighted by Gasteiger charge is 2.15. The van der Waals surface area contributed by atoms with Gasteiger partial charge in [0, 0.05) is 12.8 Å². The maximum Gasteiger partial charge on any atom is 0.137 e. The fourth-order valence-corrected chi connectivity index (χ4v) is 2.44. The van der Waals surface area contributed by atoms with Crippen molar-refractivity contribution in [2.45, 2.75) is 32.6 Å². The number of benzene rings is 1.